The van der Waals surface area contributed by atoms with E-state index in [0.717, 1.165) is 4.57 Å². The van der Waals surface area contributed by atoms with E-state index < -0.39 is 53.7 Å². The van der Waals surface area contributed by atoms with Crippen LogP contribution in [0, 0.1) is 6.92 Å². The number of phosphoric ester groups is 1. The van der Waals surface area contributed by atoms with Crippen LogP contribution >= 0.6 is 23.5 Å². The molecule has 1 aliphatic heterocycles. The molecule has 0 saturated carbocycles. The Morgan fingerprint density at radius 1 is 1.00 bits per heavy atom. The zero-order valence-electron chi connectivity index (χ0n) is 19.4. The lowest BCUT2D eigenvalue weighted by Gasteiger charge is -2.19. The zero-order chi connectivity index (χ0) is 27.0. The minimum absolute atomic E-state index is 0.230. The third kappa shape index (κ3) is 11.6. The maximum absolute atomic E-state index is 11.8. The number of phosphoric acid groups is 3. The number of H-pyrrole nitrogens is 1. The highest BCUT2D eigenvalue weighted by Gasteiger charge is 2.41. The maximum atomic E-state index is 11.8. The van der Waals surface area contributed by atoms with Crippen LogP contribution in [0.1, 0.15) is 32.6 Å². The lowest BCUT2D eigenvalue weighted by atomic mass is 10.3. The Hall–Kier alpha value is -1.25. The van der Waals surface area contributed by atoms with Crippen LogP contribution in [0.5, 0.6) is 0 Å². The summed E-state index contributed by atoms with van der Waals surface area (Å²) < 4.78 is 51.3. The minimum atomic E-state index is -5.61. The van der Waals surface area contributed by atoms with E-state index in [1.54, 1.807) is 0 Å². The van der Waals surface area contributed by atoms with E-state index in [2.05, 4.69) is 43.8 Å². The van der Waals surface area contributed by atoms with Crippen LogP contribution in [0.2, 0.25) is 0 Å². The van der Waals surface area contributed by atoms with Crippen LogP contribution in [0.25, 0.3) is 0 Å². The van der Waals surface area contributed by atoms with Gasteiger partial charge in [-0.15, -0.1) is 0 Å². The van der Waals surface area contributed by atoms with Crippen molar-refractivity contribution in [2.24, 2.45) is 0 Å². The average Bonchev–Trinajstić information content (AvgIpc) is 3.17. The quantitative estimate of drug-likeness (QED) is 0.186. The average molecular weight is 565 g/mol. The predicted molar refractivity (Wildman–Crippen MR) is 122 cm³/mol. The van der Waals surface area contributed by atoms with Gasteiger partial charge in [0, 0.05) is 11.8 Å². The molecule has 202 valence electrons. The molecule has 2 rings (SSSR count). The third-order valence-electron chi connectivity index (χ3n) is 4.38. The monoisotopic (exact) mass is 565 g/mol. The fourth-order valence-corrected chi connectivity index (χ4v) is 5.69. The van der Waals surface area contributed by atoms with Crippen LogP contribution in [-0.2, 0) is 31.6 Å². The number of aromatic nitrogens is 2. The summed E-state index contributed by atoms with van der Waals surface area (Å²) in [5.41, 5.74) is -1.11. The number of hydrogen-bond donors (Lipinski definition) is 5. The fourth-order valence-electron chi connectivity index (χ4n) is 2.66. The molecule has 19 heteroatoms. The van der Waals surface area contributed by atoms with Crippen molar-refractivity contribution in [3.8, 4) is 0 Å². The van der Waals surface area contributed by atoms with Gasteiger partial charge < -0.3 is 29.2 Å². The zero-order valence-corrected chi connectivity index (χ0v) is 22.1. The molecule has 0 bridgehead atoms. The predicted octanol–water partition coefficient (Wildman–Crippen LogP) is 0.990. The molecule has 35 heavy (non-hydrogen) atoms. The summed E-state index contributed by atoms with van der Waals surface area (Å²) in [5, 5.41) is 0. The molecule has 0 saturated heterocycles. The number of nitrogens with zero attached hydrogens (tertiary/aromatic N) is 2. The Labute approximate surface area is 200 Å². The summed E-state index contributed by atoms with van der Waals surface area (Å²) in [6.45, 7) is 10.9. The normalized spacial score (nSPS) is 21.3. The van der Waals surface area contributed by atoms with Crippen molar-refractivity contribution in [2.45, 2.75) is 40.0 Å². The molecular formula is C16H30N3O13P3. The summed E-state index contributed by atoms with van der Waals surface area (Å²) in [6, 6.07) is 0. The third-order valence-corrected chi connectivity index (χ3v) is 8.19. The first-order chi connectivity index (χ1) is 16.0. The van der Waals surface area contributed by atoms with Gasteiger partial charge in [0.25, 0.3) is 5.56 Å². The van der Waals surface area contributed by atoms with Crippen LogP contribution < -0.4 is 11.2 Å². The lowest BCUT2D eigenvalue weighted by Crippen LogP contribution is -2.33. The number of rotatable bonds is 11. The molecule has 1 aliphatic rings. The van der Waals surface area contributed by atoms with Crippen LogP contribution in [0.3, 0.4) is 0 Å². The van der Waals surface area contributed by atoms with Crippen molar-refractivity contribution < 1.29 is 51.2 Å². The van der Waals surface area contributed by atoms with Crippen molar-refractivity contribution in [3.05, 3.63) is 44.8 Å². The van der Waals surface area contributed by atoms with Crippen molar-refractivity contribution in [3.63, 3.8) is 0 Å². The first-order valence-corrected chi connectivity index (χ1v) is 14.7. The smallest absolute Gasteiger partial charge is 0.344 e. The molecular weight excluding hydrogens is 535 g/mol. The van der Waals surface area contributed by atoms with Crippen molar-refractivity contribution in [2.75, 3.05) is 26.2 Å². The van der Waals surface area contributed by atoms with E-state index in [0.29, 0.717) is 0 Å². The molecule has 0 fully saturated rings. The van der Waals surface area contributed by atoms with Crippen LogP contribution in [-0.4, -0.2) is 66.4 Å². The summed E-state index contributed by atoms with van der Waals surface area (Å²) in [7, 11) is -16.4. The van der Waals surface area contributed by atoms with Gasteiger partial charge in [0.1, 0.15) is 6.10 Å². The summed E-state index contributed by atoms with van der Waals surface area (Å²) in [5.74, 6) is 0. The molecule has 0 radical (unpaired) electrons. The van der Waals surface area contributed by atoms with E-state index in [1.807, 2.05) is 0 Å². The van der Waals surface area contributed by atoms with E-state index in [1.165, 1.54) is 44.9 Å². The molecule has 0 amide bonds. The van der Waals surface area contributed by atoms with Crippen molar-refractivity contribution in [1.29, 1.82) is 0 Å². The second-order valence-electron chi connectivity index (χ2n) is 6.93. The second kappa shape index (κ2) is 13.3. The fraction of sp³-hybridized carbons (Fsp3) is 0.625. The van der Waals surface area contributed by atoms with Gasteiger partial charge in [-0.1, -0.05) is 26.8 Å². The van der Waals surface area contributed by atoms with Crippen molar-refractivity contribution in [1.82, 2.24) is 14.5 Å². The highest BCUT2D eigenvalue weighted by Crippen LogP contribution is 2.66. The van der Waals surface area contributed by atoms with Gasteiger partial charge >= 0.3 is 29.2 Å². The summed E-state index contributed by atoms with van der Waals surface area (Å²) in [6.07, 6.45) is 1.97. The number of aromatic amines is 1. The number of nitrogens with one attached hydrogen (secondary N) is 1. The van der Waals surface area contributed by atoms with Gasteiger partial charge in [-0.2, -0.15) is 8.62 Å². The van der Waals surface area contributed by atoms with Gasteiger partial charge in [0.15, 0.2) is 6.23 Å². The molecule has 0 spiro atoms. The largest absolute Gasteiger partial charge is 0.490 e. The standard InChI is InChI=1S/C10H15N2O13P3.C6H15N/c1-6-4-12(10(14)11-9(6)13)8-3-2-7(23-8)5-22-27(18,19)25-28(20,21)24-26(15,16)17;1-4-7(5-2)6-3/h2-4,7-8H,5H2,1H3,(H,18,19)(H,20,21)(H,11,13,14)(H2,15,16,17);4-6H2,1-3H3/t7-,8+;/m0./s1. The molecule has 16 nitrogen and oxygen atoms in total. The lowest BCUT2D eigenvalue weighted by molar-refractivity contribution is -0.0105. The number of ether oxygens (including phenoxy) is 1. The van der Waals surface area contributed by atoms with Gasteiger partial charge in [0.2, 0.25) is 0 Å². The van der Waals surface area contributed by atoms with E-state index in [4.69, 9.17) is 19.4 Å². The number of hydrogen-bond acceptors (Lipinski definition) is 10. The van der Waals surface area contributed by atoms with Crippen LogP contribution in [0.15, 0.2) is 27.9 Å². The molecule has 1 aromatic rings. The first kappa shape index (κ1) is 31.8. The van der Waals surface area contributed by atoms with E-state index in [-0.39, 0.29) is 5.56 Å². The van der Waals surface area contributed by atoms with Crippen molar-refractivity contribution >= 4 is 23.5 Å². The molecule has 0 aliphatic carbocycles. The van der Waals surface area contributed by atoms with E-state index in [9.17, 15) is 28.2 Å². The van der Waals surface area contributed by atoms with Gasteiger partial charge in [-0.05, 0) is 32.6 Å². The van der Waals surface area contributed by atoms with Crippen LogP contribution in [0.4, 0.5) is 0 Å². The molecule has 1 aromatic heterocycles. The summed E-state index contributed by atoms with van der Waals surface area (Å²) >= 11 is 0. The highest BCUT2D eigenvalue weighted by atomic mass is 31.3. The molecule has 4 atom stereocenters. The molecule has 0 aromatic carbocycles. The number of aryl methyl sites for hydroxylation is 1. The molecule has 2 heterocycles. The molecule has 5 N–H and O–H groups in total. The highest BCUT2D eigenvalue weighted by molar-refractivity contribution is 7.66. The Kier molecular flexibility index (Phi) is 12.1. The topological polar surface area (TPSA) is 227 Å². The van der Waals surface area contributed by atoms with Gasteiger partial charge in [-0.3, -0.25) is 18.9 Å². The Morgan fingerprint density at radius 3 is 2.06 bits per heavy atom. The van der Waals surface area contributed by atoms with Gasteiger partial charge in [0.05, 0.1) is 6.61 Å². The summed E-state index contributed by atoms with van der Waals surface area (Å²) in [4.78, 5) is 62.9. The Balaban J connectivity index is 0.000000762. The maximum Gasteiger partial charge on any atom is 0.490 e. The van der Waals surface area contributed by atoms with Gasteiger partial charge in [-0.25, -0.2) is 18.5 Å². The Morgan fingerprint density at radius 2 is 1.57 bits per heavy atom. The Bertz CT molecular complexity index is 1120. The first-order valence-electron chi connectivity index (χ1n) is 10.2. The second-order valence-corrected chi connectivity index (χ2v) is 11.4. The minimum Gasteiger partial charge on any atom is -0.344 e. The van der Waals surface area contributed by atoms with E-state index >= 15 is 0 Å². The molecule has 2 unspecified atom stereocenters. The SMILES string of the molecule is CCN(CC)CC.Cc1cn([C@H]2C=C[C@@H](COP(=O)(O)OP(=O)(O)OP(=O)(O)O)O2)c(=O)[nH]c1=O.